The van der Waals surface area contributed by atoms with Gasteiger partial charge in [0, 0.05) is 31.8 Å². The molecule has 154 valence electrons. The number of carbonyl (C=O) groups is 1. The molecule has 0 bridgehead atoms. The van der Waals surface area contributed by atoms with E-state index >= 15 is 0 Å². The van der Waals surface area contributed by atoms with Gasteiger partial charge >= 0.3 is 5.97 Å². The highest BCUT2D eigenvalue weighted by atomic mass is 16.5. The lowest BCUT2D eigenvalue weighted by atomic mass is 10.2. The van der Waals surface area contributed by atoms with Crippen LogP contribution in [0.3, 0.4) is 0 Å². The van der Waals surface area contributed by atoms with E-state index in [0.717, 1.165) is 37.6 Å². The second-order valence-electron chi connectivity index (χ2n) is 6.85. The monoisotopic (exact) mass is 396 g/mol. The highest BCUT2D eigenvalue weighted by molar-refractivity contribution is 5.86. The second-order valence-corrected chi connectivity index (χ2v) is 6.85. The van der Waals surface area contributed by atoms with Gasteiger partial charge in [-0.1, -0.05) is 12.1 Å². The minimum atomic E-state index is -0.380. The molecule has 1 aromatic carbocycles. The second kappa shape index (κ2) is 10.6. The molecule has 1 atom stereocenters. The smallest absolute Gasteiger partial charge is 0.330 e. The van der Waals surface area contributed by atoms with Gasteiger partial charge in [-0.3, -0.25) is 9.88 Å². The summed E-state index contributed by atoms with van der Waals surface area (Å²) in [7, 11) is 0. The van der Waals surface area contributed by atoms with Crippen LogP contribution < -0.4 is 10.1 Å². The summed E-state index contributed by atoms with van der Waals surface area (Å²) >= 11 is 0. The Hall–Kier alpha value is -2.93. The van der Waals surface area contributed by atoms with E-state index in [9.17, 15) is 4.79 Å². The topological polar surface area (TPSA) is 76.6 Å². The van der Waals surface area contributed by atoms with Gasteiger partial charge in [0.1, 0.15) is 11.6 Å². The van der Waals surface area contributed by atoms with Crippen molar-refractivity contribution in [1.29, 1.82) is 0 Å². The van der Waals surface area contributed by atoms with E-state index in [1.54, 1.807) is 25.4 Å². The molecule has 3 rings (SSSR count). The number of rotatable bonds is 9. The zero-order valence-corrected chi connectivity index (χ0v) is 17.0. The maximum atomic E-state index is 11.3. The Morgan fingerprint density at radius 3 is 2.72 bits per heavy atom. The largest absolute Gasteiger partial charge is 0.494 e. The molecule has 1 saturated heterocycles. The first kappa shape index (κ1) is 20.8. The maximum Gasteiger partial charge on any atom is 0.330 e. The van der Waals surface area contributed by atoms with Crippen molar-refractivity contribution >= 4 is 17.9 Å². The van der Waals surface area contributed by atoms with Crippen molar-refractivity contribution in [2.24, 2.45) is 0 Å². The molecule has 7 nitrogen and oxygen atoms in total. The number of anilines is 1. The van der Waals surface area contributed by atoms with Gasteiger partial charge in [0.15, 0.2) is 0 Å². The lowest BCUT2D eigenvalue weighted by Crippen LogP contribution is -2.26. The van der Waals surface area contributed by atoms with Gasteiger partial charge in [0.2, 0.25) is 0 Å². The molecule has 1 aromatic heterocycles. The number of ether oxygens (including phenoxy) is 2. The molecule has 7 heteroatoms. The van der Waals surface area contributed by atoms with Gasteiger partial charge in [-0.25, -0.2) is 9.78 Å². The number of nitrogens with one attached hydrogen (secondary N) is 1. The molecule has 1 N–H and O–H groups in total. The molecule has 1 aliphatic rings. The predicted octanol–water partition coefficient (Wildman–Crippen LogP) is 3.14. The van der Waals surface area contributed by atoms with Crippen LogP contribution in [0.25, 0.3) is 6.08 Å². The number of esters is 1. The molecule has 0 amide bonds. The predicted molar refractivity (Wildman–Crippen MR) is 113 cm³/mol. The summed E-state index contributed by atoms with van der Waals surface area (Å²) in [6.45, 7) is 7.72. The van der Waals surface area contributed by atoms with Crippen molar-refractivity contribution in [1.82, 2.24) is 14.9 Å². The minimum Gasteiger partial charge on any atom is -0.494 e. The molecule has 1 fully saturated rings. The average molecular weight is 396 g/mol. The fourth-order valence-corrected chi connectivity index (χ4v) is 3.26. The minimum absolute atomic E-state index is 0.341. The Kier molecular flexibility index (Phi) is 7.58. The van der Waals surface area contributed by atoms with E-state index in [2.05, 4.69) is 32.3 Å². The number of aromatic nitrogens is 2. The van der Waals surface area contributed by atoms with E-state index in [0.29, 0.717) is 24.9 Å². The fraction of sp³-hybridized carbons (Fsp3) is 0.409. The first-order valence-corrected chi connectivity index (χ1v) is 10.0. The van der Waals surface area contributed by atoms with Crippen molar-refractivity contribution in [3.05, 3.63) is 54.0 Å². The number of hydrogen-bond acceptors (Lipinski definition) is 7. The van der Waals surface area contributed by atoms with Crippen LogP contribution >= 0.6 is 0 Å². The van der Waals surface area contributed by atoms with E-state index in [4.69, 9.17) is 9.47 Å². The molecular weight excluding hydrogens is 368 g/mol. The Bertz CT molecular complexity index is 806. The summed E-state index contributed by atoms with van der Waals surface area (Å²) in [5, 5.41) is 3.44. The first-order valence-electron chi connectivity index (χ1n) is 10.0. The summed E-state index contributed by atoms with van der Waals surface area (Å²) in [4.78, 5) is 22.5. The van der Waals surface area contributed by atoms with Crippen molar-refractivity contribution in [2.75, 3.05) is 31.6 Å². The normalized spacial score (nSPS) is 16.8. The number of benzene rings is 1. The standard InChI is InChI=1S/C22H28N4O3/c1-3-28-20-8-5-17(6-9-20)15-26-12-11-19(16-26)25-21-14-23-18(13-24-21)7-10-22(27)29-4-2/h5-10,13-14,19H,3-4,11-12,15-16H2,1-2H3,(H,24,25)/b10-7+/t19-/m1/s1. The average Bonchev–Trinajstić information content (AvgIpc) is 3.16. The first-order chi connectivity index (χ1) is 14.2. The highest BCUT2D eigenvalue weighted by Gasteiger charge is 2.22. The van der Waals surface area contributed by atoms with Gasteiger partial charge in [0.25, 0.3) is 0 Å². The molecule has 0 radical (unpaired) electrons. The maximum absolute atomic E-state index is 11.3. The van der Waals surface area contributed by atoms with Crippen LogP contribution in [0.5, 0.6) is 5.75 Å². The van der Waals surface area contributed by atoms with Crippen LogP contribution in [0.2, 0.25) is 0 Å². The Morgan fingerprint density at radius 1 is 1.21 bits per heavy atom. The van der Waals surface area contributed by atoms with Crippen molar-refractivity contribution in [3.8, 4) is 5.75 Å². The zero-order valence-electron chi connectivity index (χ0n) is 17.0. The highest BCUT2D eigenvalue weighted by Crippen LogP contribution is 2.18. The van der Waals surface area contributed by atoms with E-state index in [-0.39, 0.29) is 5.97 Å². The van der Waals surface area contributed by atoms with Gasteiger partial charge in [-0.05, 0) is 44.0 Å². The summed E-state index contributed by atoms with van der Waals surface area (Å²) in [6.07, 6.45) is 7.35. The van der Waals surface area contributed by atoms with Gasteiger partial charge in [-0.2, -0.15) is 0 Å². The molecule has 1 aliphatic heterocycles. The van der Waals surface area contributed by atoms with Crippen LogP contribution in [-0.4, -0.2) is 53.2 Å². The Labute approximate surface area is 171 Å². The van der Waals surface area contributed by atoms with Crippen LogP contribution in [-0.2, 0) is 16.1 Å². The van der Waals surface area contributed by atoms with E-state index in [1.165, 1.54) is 11.6 Å². The van der Waals surface area contributed by atoms with E-state index < -0.39 is 0 Å². The Morgan fingerprint density at radius 2 is 2.03 bits per heavy atom. The summed E-state index contributed by atoms with van der Waals surface area (Å²) < 4.78 is 10.3. The van der Waals surface area contributed by atoms with Crippen molar-refractivity contribution in [2.45, 2.75) is 32.9 Å². The lowest BCUT2D eigenvalue weighted by Gasteiger charge is -2.17. The summed E-state index contributed by atoms with van der Waals surface area (Å²) in [5.41, 5.74) is 1.90. The van der Waals surface area contributed by atoms with E-state index in [1.807, 2.05) is 19.1 Å². The number of nitrogens with zero attached hydrogens (tertiary/aromatic N) is 3. The molecule has 0 spiro atoms. The third-order valence-corrected chi connectivity index (χ3v) is 4.61. The summed E-state index contributed by atoms with van der Waals surface area (Å²) in [6, 6.07) is 8.64. The van der Waals surface area contributed by atoms with Gasteiger partial charge in [0.05, 0.1) is 31.3 Å². The molecule has 29 heavy (non-hydrogen) atoms. The van der Waals surface area contributed by atoms with Crippen molar-refractivity contribution < 1.29 is 14.3 Å². The molecule has 0 saturated carbocycles. The molecule has 0 unspecified atom stereocenters. The van der Waals surface area contributed by atoms with Crippen LogP contribution in [0.4, 0.5) is 5.82 Å². The van der Waals surface area contributed by atoms with Gasteiger partial charge < -0.3 is 14.8 Å². The zero-order chi connectivity index (χ0) is 20.5. The number of hydrogen-bond donors (Lipinski definition) is 1. The lowest BCUT2D eigenvalue weighted by molar-refractivity contribution is -0.137. The van der Waals surface area contributed by atoms with Crippen LogP contribution in [0.15, 0.2) is 42.7 Å². The molecular formula is C22H28N4O3. The van der Waals surface area contributed by atoms with Gasteiger partial charge in [-0.15, -0.1) is 0 Å². The number of likely N-dealkylation sites (tertiary alicyclic amines) is 1. The summed E-state index contributed by atoms with van der Waals surface area (Å²) in [5.74, 6) is 1.28. The fourth-order valence-electron chi connectivity index (χ4n) is 3.26. The van der Waals surface area contributed by atoms with Crippen molar-refractivity contribution in [3.63, 3.8) is 0 Å². The quantitative estimate of drug-likeness (QED) is 0.515. The number of carbonyl (C=O) groups excluding carboxylic acids is 1. The SMILES string of the molecule is CCOC(=O)/C=C/c1cnc(N[C@@H]2CCN(Cc3ccc(OCC)cc3)C2)cn1. The van der Waals surface area contributed by atoms with Crippen LogP contribution in [0.1, 0.15) is 31.5 Å². The third-order valence-electron chi connectivity index (χ3n) is 4.61. The van der Waals surface area contributed by atoms with Crippen LogP contribution in [0, 0.1) is 0 Å². The Balaban J connectivity index is 1.46. The third kappa shape index (κ3) is 6.57. The molecule has 2 aromatic rings. The molecule has 2 heterocycles. The molecule has 0 aliphatic carbocycles.